The third-order valence-electron chi connectivity index (χ3n) is 2.66. The Balaban J connectivity index is 1.88. The lowest BCUT2D eigenvalue weighted by Crippen LogP contribution is -1.91. The molecule has 0 amide bonds. The zero-order chi connectivity index (χ0) is 14.1. The van der Waals surface area contributed by atoms with Crippen molar-refractivity contribution in [3.63, 3.8) is 0 Å². The maximum atomic E-state index is 5.78. The Morgan fingerprint density at radius 2 is 2.20 bits per heavy atom. The molecule has 2 aromatic heterocycles. The summed E-state index contributed by atoms with van der Waals surface area (Å²) in [5, 5.41) is 6.97. The predicted octanol–water partition coefficient (Wildman–Crippen LogP) is 3.44. The molecular formula is C13H11BrN4OS. The molecule has 0 radical (unpaired) electrons. The molecule has 0 aliphatic rings. The Kier molecular flexibility index (Phi) is 3.54. The number of aromatic nitrogens is 3. The van der Waals surface area contributed by atoms with Crippen molar-refractivity contribution >= 4 is 33.0 Å². The Labute approximate surface area is 128 Å². The van der Waals surface area contributed by atoms with E-state index in [0.29, 0.717) is 23.8 Å². The average molecular weight is 351 g/mol. The van der Waals surface area contributed by atoms with Crippen LogP contribution in [0, 0.1) is 6.92 Å². The van der Waals surface area contributed by atoms with Gasteiger partial charge in [-0.3, -0.25) is 0 Å². The summed E-state index contributed by atoms with van der Waals surface area (Å²) in [6.07, 6.45) is 0.571. The molecule has 20 heavy (non-hydrogen) atoms. The number of anilines is 1. The van der Waals surface area contributed by atoms with Crippen molar-refractivity contribution in [3.8, 4) is 11.5 Å². The monoisotopic (exact) mass is 350 g/mol. The number of nitrogen functional groups attached to an aromatic ring is 1. The van der Waals surface area contributed by atoms with E-state index in [1.54, 1.807) is 17.4 Å². The zero-order valence-corrected chi connectivity index (χ0v) is 13.0. The summed E-state index contributed by atoms with van der Waals surface area (Å²) in [7, 11) is 0. The molecule has 0 unspecified atom stereocenters. The fraction of sp³-hybridized carbons (Fsp3) is 0.154. The quantitative estimate of drug-likeness (QED) is 0.732. The van der Waals surface area contributed by atoms with E-state index in [2.05, 4.69) is 31.1 Å². The van der Waals surface area contributed by atoms with Crippen LogP contribution in [0.1, 0.15) is 16.5 Å². The molecule has 0 saturated carbocycles. The number of hydrogen-bond donors (Lipinski definition) is 1. The van der Waals surface area contributed by atoms with Crippen molar-refractivity contribution in [1.29, 1.82) is 0 Å². The van der Waals surface area contributed by atoms with E-state index < -0.39 is 0 Å². The minimum absolute atomic E-state index is 0.451. The van der Waals surface area contributed by atoms with Crippen LogP contribution >= 0.6 is 27.3 Å². The first-order chi connectivity index (χ1) is 9.61. The number of halogens is 1. The SMILES string of the molecule is Cc1csc(Cc2noc(-c3cc(N)ccc3Br)n2)n1. The van der Waals surface area contributed by atoms with Gasteiger partial charge in [-0.25, -0.2) is 4.98 Å². The number of nitrogens with two attached hydrogens (primary N) is 1. The number of rotatable bonds is 3. The molecule has 5 nitrogen and oxygen atoms in total. The Hall–Kier alpha value is -1.73. The first-order valence-electron chi connectivity index (χ1n) is 5.91. The standard InChI is InChI=1S/C13H11BrN4OS/c1-7-6-20-12(16-7)5-11-17-13(19-18-11)9-4-8(15)2-3-10(9)14/h2-4,6H,5,15H2,1H3. The number of hydrogen-bond acceptors (Lipinski definition) is 6. The highest BCUT2D eigenvalue weighted by Crippen LogP contribution is 2.29. The topological polar surface area (TPSA) is 77.8 Å². The van der Waals surface area contributed by atoms with Crippen molar-refractivity contribution in [2.75, 3.05) is 5.73 Å². The summed E-state index contributed by atoms with van der Waals surface area (Å²) >= 11 is 5.05. The Morgan fingerprint density at radius 3 is 2.95 bits per heavy atom. The largest absolute Gasteiger partial charge is 0.399 e. The smallest absolute Gasteiger partial charge is 0.259 e. The maximum Gasteiger partial charge on any atom is 0.259 e. The van der Waals surface area contributed by atoms with Crippen LogP contribution in [0.3, 0.4) is 0 Å². The third-order valence-corrected chi connectivity index (χ3v) is 4.32. The molecule has 0 spiro atoms. The second-order valence-corrected chi connectivity index (χ2v) is 6.11. The Bertz CT molecular complexity index is 752. The van der Waals surface area contributed by atoms with Gasteiger partial charge in [-0.05, 0) is 41.1 Å². The molecule has 0 fully saturated rings. The fourth-order valence-corrected chi connectivity index (χ4v) is 2.95. The van der Waals surface area contributed by atoms with E-state index in [1.807, 2.05) is 24.4 Å². The highest BCUT2D eigenvalue weighted by Gasteiger charge is 2.13. The predicted molar refractivity (Wildman–Crippen MR) is 81.5 cm³/mol. The normalized spacial score (nSPS) is 10.9. The minimum Gasteiger partial charge on any atom is -0.399 e. The molecule has 0 saturated heterocycles. The van der Waals surface area contributed by atoms with E-state index in [1.165, 1.54) is 0 Å². The van der Waals surface area contributed by atoms with E-state index in [-0.39, 0.29) is 0 Å². The first kappa shape index (κ1) is 13.3. The van der Waals surface area contributed by atoms with Gasteiger partial charge in [0.25, 0.3) is 5.89 Å². The molecule has 102 valence electrons. The molecule has 0 bridgehead atoms. The van der Waals surface area contributed by atoms with Crippen LogP contribution in [0.2, 0.25) is 0 Å². The molecule has 2 N–H and O–H groups in total. The van der Waals surface area contributed by atoms with E-state index >= 15 is 0 Å². The van der Waals surface area contributed by atoms with Crippen LogP contribution in [0.25, 0.3) is 11.5 Å². The molecule has 0 aliphatic heterocycles. The van der Waals surface area contributed by atoms with Gasteiger partial charge in [0, 0.05) is 21.2 Å². The van der Waals surface area contributed by atoms with Crippen molar-refractivity contribution in [2.24, 2.45) is 0 Å². The highest BCUT2D eigenvalue weighted by molar-refractivity contribution is 9.10. The van der Waals surface area contributed by atoms with Crippen molar-refractivity contribution in [2.45, 2.75) is 13.3 Å². The van der Waals surface area contributed by atoms with Crippen LogP contribution in [-0.4, -0.2) is 15.1 Å². The second-order valence-electron chi connectivity index (χ2n) is 4.31. The molecule has 0 aliphatic carbocycles. The summed E-state index contributed by atoms with van der Waals surface area (Å²) in [6.45, 7) is 1.96. The van der Waals surface area contributed by atoms with Crippen molar-refractivity contribution < 1.29 is 4.52 Å². The minimum atomic E-state index is 0.451. The van der Waals surface area contributed by atoms with Gasteiger partial charge >= 0.3 is 0 Å². The van der Waals surface area contributed by atoms with Gasteiger partial charge in [0.2, 0.25) is 0 Å². The average Bonchev–Trinajstić information content (AvgIpc) is 3.02. The molecule has 1 aromatic carbocycles. The molecule has 0 atom stereocenters. The van der Waals surface area contributed by atoms with Gasteiger partial charge in [-0.2, -0.15) is 4.98 Å². The zero-order valence-electron chi connectivity index (χ0n) is 10.6. The number of aryl methyl sites for hydroxylation is 1. The molecular weight excluding hydrogens is 340 g/mol. The van der Waals surface area contributed by atoms with Gasteiger partial charge in [-0.15, -0.1) is 11.3 Å². The number of nitrogens with zero attached hydrogens (tertiary/aromatic N) is 3. The molecule has 2 heterocycles. The van der Waals surface area contributed by atoms with Gasteiger partial charge in [0.05, 0.1) is 12.0 Å². The van der Waals surface area contributed by atoms with Gasteiger partial charge in [0.15, 0.2) is 5.82 Å². The van der Waals surface area contributed by atoms with Gasteiger partial charge in [0.1, 0.15) is 5.01 Å². The fourth-order valence-electron chi connectivity index (χ4n) is 1.76. The van der Waals surface area contributed by atoms with Crippen LogP contribution in [0.5, 0.6) is 0 Å². The summed E-state index contributed by atoms with van der Waals surface area (Å²) in [5.74, 6) is 1.07. The van der Waals surface area contributed by atoms with Gasteiger partial charge in [-0.1, -0.05) is 5.16 Å². The van der Waals surface area contributed by atoms with Crippen LogP contribution in [-0.2, 0) is 6.42 Å². The van der Waals surface area contributed by atoms with Crippen molar-refractivity contribution in [1.82, 2.24) is 15.1 Å². The molecule has 7 heteroatoms. The summed E-state index contributed by atoms with van der Waals surface area (Å²) in [4.78, 5) is 8.78. The third kappa shape index (κ3) is 2.73. The van der Waals surface area contributed by atoms with E-state index in [0.717, 1.165) is 20.7 Å². The Morgan fingerprint density at radius 1 is 1.35 bits per heavy atom. The summed E-state index contributed by atoms with van der Waals surface area (Å²) in [6, 6.07) is 5.47. The van der Waals surface area contributed by atoms with Gasteiger partial charge < -0.3 is 10.3 Å². The van der Waals surface area contributed by atoms with Crippen LogP contribution in [0.4, 0.5) is 5.69 Å². The highest BCUT2D eigenvalue weighted by atomic mass is 79.9. The lowest BCUT2D eigenvalue weighted by Gasteiger charge is -1.99. The summed E-state index contributed by atoms with van der Waals surface area (Å²) in [5.41, 5.74) is 8.23. The van der Waals surface area contributed by atoms with Crippen LogP contribution in [0.15, 0.2) is 32.6 Å². The maximum absolute atomic E-state index is 5.78. The first-order valence-corrected chi connectivity index (χ1v) is 7.58. The van der Waals surface area contributed by atoms with Crippen LogP contribution < -0.4 is 5.73 Å². The summed E-state index contributed by atoms with van der Waals surface area (Å²) < 4.78 is 6.16. The molecule has 3 rings (SSSR count). The second kappa shape index (κ2) is 5.34. The lowest BCUT2D eigenvalue weighted by molar-refractivity contribution is 0.423. The van der Waals surface area contributed by atoms with Crippen molar-refractivity contribution in [3.05, 3.63) is 44.6 Å². The molecule has 3 aromatic rings. The van der Waals surface area contributed by atoms with E-state index in [9.17, 15) is 0 Å². The number of thiazole rings is 1. The lowest BCUT2D eigenvalue weighted by atomic mass is 10.2. The van der Waals surface area contributed by atoms with E-state index in [4.69, 9.17) is 10.3 Å². The number of benzene rings is 1.